The molecule has 0 N–H and O–H groups in total. The largest absolute Gasteiger partial charge is 0.467 e. The van der Waals surface area contributed by atoms with Gasteiger partial charge in [-0.2, -0.15) is 0 Å². The van der Waals surface area contributed by atoms with Crippen molar-refractivity contribution in [2.24, 2.45) is 0 Å². The molecule has 0 aliphatic carbocycles. The van der Waals surface area contributed by atoms with Gasteiger partial charge in [0.1, 0.15) is 0 Å². The maximum atomic E-state index is 11.7. The number of ketones is 1. The van der Waals surface area contributed by atoms with Crippen LogP contribution in [-0.2, 0) is 14.3 Å². The Morgan fingerprint density at radius 1 is 1.56 bits per heavy atom. The molecule has 4 nitrogen and oxygen atoms in total. The molecule has 4 heteroatoms. The highest BCUT2D eigenvalue weighted by Gasteiger charge is 2.44. The zero-order chi connectivity index (χ0) is 12.9. The van der Waals surface area contributed by atoms with Gasteiger partial charge in [0.15, 0.2) is 11.3 Å². The van der Waals surface area contributed by atoms with Crippen LogP contribution in [0.2, 0.25) is 0 Å². The highest BCUT2D eigenvalue weighted by atomic mass is 16.5. The summed E-state index contributed by atoms with van der Waals surface area (Å²) in [4.78, 5) is 25.1. The van der Waals surface area contributed by atoms with Gasteiger partial charge in [-0.05, 0) is 34.2 Å². The molecule has 0 radical (unpaired) electrons. The summed E-state index contributed by atoms with van der Waals surface area (Å²) in [5, 5.41) is 0. The predicted molar refractivity (Wildman–Crippen MR) is 63.1 cm³/mol. The fourth-order valence-corrected chi connectivity index (χ4v) is 1.57. The van der Waals surface area contributed by atoms with Gasteiger partial charge in [0.05, 0.1) is 7.11 Å². The third kappa shape index (κ3) is 2.70. The van der Waals surface area contributed by atoms with E-state index in [1.54, 1.807) is 24.9 Å². The van der Waals surface area contributed by atoms with E-state index in [2.05, 4.69) is 6.58 Å². The van der Waals surface area contributed by atoms with E-state index in [0.717, 1.165) is 0 Å². The summed E-state index contributed by atoms with van der Waals surface area (Å²) >= 11 is 0. The maximum Gasteiger partial charge on any atom is 0.333 e. The number of ether oxygens (including phenoxy) is 1. The molecule has 0 aromatic rings. The van der Waals surface area contributed by atoms with Crippen molar-refractivity contribution in [1.29, 1.82) is 0 Å². The van der Waals surface area contributed by atoms with E-state index < -0.39 is 11.5 Å². The third-order valence-electron chi connectivity index (χ3n) is 3.14. The number of nitrogens with zero attached hydrogens (tertiary/aromatic N) is 1. The second-order valence-electron chi connectivity index (χ2n) is 4.10. The summed E-state index contributed by atoms with van der Waals surface area (Å²) in [6.45, 7) is 8.56. The lowest BCUT2D eigenvalue weighted by atomic mass is 9.93. The summed E-state index contributed by atoms with van der Waals surface area (Å²) < 4.78 is 4.70. The van der Waals surface area contributed by atoms with Crippen LogP contribution >= 0.6 is 0 Å². The molecule has 0 saturated heterocycles. The van der Waals surface area contributed by atoms with Crippen LogP contribution in [-0.4, -0.2) is 42.4 Å². The minimum atomic E-state index is -1.23. The van der Waals surface area contributed by atoms with Gasteiger partial charge in [0, 0.05) is 6.04 Å². The molecule has 0 spiro atoms. The molecule has 0 aliphatic rings. The summed E-state index contributed by atoms with van der Waals surface area (Å²) in [5.41, 5.74) is -1.23. The fraction of sp³-hybridized carbons (Fsp3) is 0.667. The van der Waals surface area contributed by atoms with Gasteiger partial charge in [-0.25, -0.2) is 4.79 Å². The molecule has 0 aromatic carbocycles. The molecule has 0 amide bonds. The molecule has 0 heterocycles. The van der Waals surface area contributed by atoms with E-state index in [0.29, 0.717) is 6.42 Å². The van der Waals surface area contributed by atoms with Gasteiger partial charge in [0.2, 0.25) is 0 Å². The summed E-state index contributed by atoms with van der Waals surface area (Å²) in [7, 11) is 3.03. The first-order chi connectivity index (χ1) is 7.32. The van der Waals surface area contributed by atoms with E-state index in [9.17, 15) is 9.59 Å². The SMILES string of the molecule is C=CCC(C)N(C)C(C)(C(C)=O)C(=O)OC. The molecule has 16 heavy (non-hydrogen) atoms. The highest BCUT2D eigenvalue weighted by Crippen LogP contribution is 2.21. The number of esters is 1. The van der Waals surface area contributed by atoms with Crippen LogP contribution in [0, 0.1) is 0 Å². The Bertz CT molecular complexity index is 288. The minimum Gasteiger partial charge on any atom is -0.467 e. The Kier molecular flexibility index (Phi) is 5.38. The van der Waals surface area contributed by atoms with Crippen molar-refractivity contribution in [2.45, 2.75) is 38.8 Å². The van der Waals surface area contributed by atoms with Gasteiger partial charge < -0.3 is 4.74 Å². The van der Waals surface area contributed by atoms with Crippen LogP contribution in [0.3, 0.4) is 0 Å². The van der Waals surface area contributed by atoms with Crippen LogP contribution in [0.15, 0.2) is 12.7 Å². The number of hydrogen-bond acceptors (Lipinski definition) is 4. The fourth-order valence-electron chi connectivity index (χ4n) is 1.57. The van der Waals surface area contributed by atoms with E-state index in [-0.39, 0.29) is 11.8 Å². The first kappa shape index (κ1) is 14.8. The Hall–Kier alpha value is -1.16. The summed E-state index contributed by atoms with van der Waals surface area (Å²) in [6.07, 6.45) is 2.47. The van der Waals surface area contributed by atoms with Crippen molar-refractivity contribution in [3.05, 3.63) is 12.7 Å². The van der Waals surface area contributed by atoms with Crippen LogP contribution in [0.5, 0.6) is 0 Å². The number of Topliss-reactive ketones (excluding diaryl/α,β-unsaturated/α-hetero) is 1. The molecular weight excluding hydrogens is 206 g/mol. The number of likely N-dealkylation sites (N-methyl/N-ethyl adjacent to an activating group) is 1. The Morgan fingerprint density at radius 3 is 2.38 bits per heavy atom. The monoisotopic (exact) mass is 227 g/mol. The Balaban J connectivity index is 5.12. The first-order valence-electron chi connectivity index (χ1n) is 5.25. The van der Waals surface area contributed by atoms with Crippen LogP contribution in [0.1, 0.15) is 27.2 Å². The van der Waals surface area contributed by atoms with Crippen LogP contribution in [0.25, 0.3) is 0 Å². The van der Waals surface area contributed by atoms with Crippen molar-refractivity contribution in [1.82, 2.24) is 4.90 Å². The second kappa shape index (κ2) is 5.80. The molecule has 2 unspecified atom stereocenters. The average molecular weight is 227 g/mol. The molecule has 0 aliphatic heterocycles. The molecule has 0 rings (SSSR count). The topological polar surface area (TPSA) is 46.6 Å². The van der Waals surface area contributed by atoms with E-state index >= 15 is 0 Å². The van der Waals surface area contributed by atoms with E-state index in [1.807, 2.05) is 6.92 Å². The van der Waals surface area contributed by atoms with Gasteiger partial charge in [0.25, 0.3) is 0 Å². The highest BCUT2D eigenvalue weighted by molar-refractivity contribution is 6.06. The molecule has 0 aromatic heterocycles. The van der Waals surface area contributed by atoms with E-state index in [1.165, 1.54) is 14.0 Å². The number of hydrogen-bond donors (Lipinski definition) is 0. The normalized spacial score (nSPS) is 16.4. The maximum absolute atomic E-state index is 11.7. The standard InChI is InChI=1S/C12H21NO3/c1-7-8-9(2)13(5)12(4,10(3)14)11(15)16-6/h7,9H,1,8H2,2-6H3. The van der Waals surface area contributed by atoms with Crippen molar-refractivity contribution in [3.8, 4) is 0 Å². The van der Waals surface area contributed by atoms with Gasteiger partial charge in [-0.3, -0.25) is 9.69 Å². The number of carbonyl (C=O) groups excluding carboxylic acids is 2. The quantitative estimate of drug-likeness (QED) is 0.391. The molecule has 2 atom stereocenters. The predicted octanol–water partition coefficient (Wildman–Crippen LogP) is 1.40. The molecular formula is C12H21NO3. The Morgan fingerprint density at radius 2 is 2.06 bits per heavy atom. The molecule has 0 saturated carbocycles. The number of methoxy groups -OCH3 is 1. The van der Waals surface area contributed by atoms with Gasteiger partial charge in [-0.15, -0.1) is 6.58 Å². The van der Waals surface area contributed by atoms with Gasteiger partial charge >= 0.3 is 5.97 Å². The van der Waals surface area contributed by atoms with Crippen molar-refractivity contribution >= 4 is 11.8 Å². The minimum absolute atomic E-state index is 0.0468. The number of rotatable bonds is 6. The van der Waals surface area contributed by atoms with Crippen molar-refractivity contribution in [3.63, 3.8) is 0 Å². The second-order valence-corrected chi connectivity index (χ2v) is 4.10. The van der Waals surface area contributed by atoms with Crippen LogP contribution < -0.4 is 0 Å². The first-order valence-corrected chi connectivity index (χ1v) is 5.25. The molecule has 92 valence electrons. The smallest absolute Gasteiger partial charge is 0.333 e. The molecule has 0 fully saturated rings. The molecule has 0 bridgehead atoms. The zero-order valence-electron chi connectivity index (χ0n) is 10.7. The van der Waals surface area contributed by atoms with Crippen LogP contribution in [0.4, 0.5) is 0 Å². The lowest BCUT2D eigenvalue weighted by Gasteiger charge is -2.37. The summed E-state index contributed by atoms with van der Waals surface area (Å²) in [5.74, 6) is -0.754. The lowest BCUT2D eigenvalue weighted by Crippen LogP contribution is -2.58. The van der Waals surface area contributed by atoms with E-state index in [4.69, 9.17) is 4.74 Å². The Labute approximate surface area is 97.3 Å². The third-order valence-corrected chi connectivity index (χ3v) is 3.14. The van der Waals surface area contributed by atoms with Gasteiger partial charge in [-0.1, -0.05) is 6.08 Å². The zero-order valence-corrected chi connectivity index (χ0v) is 10.7. The van der Waals surface area contributed by atoms with Crippen molar-refractivity contribution < 1.29 is 14.3 Å². The summed E-state index contributed by atoms with van der Waals surface area (Å²) in [6, 6.07) is 0.0468. The number of carbonyl (C=O) groups is 2. The average Bonchev–Trinajstić information content (AvgIpc) is 2.25. The van der Waals surface area contributed by atoms with Crippen molar-refractivity contribution in [2.75, 3.05) is 14.2 Å². The lowest BCUT2D eigenvalue weighted by molar-refractivity contribution is -0.159.